The Hall–Kier alpha value is -0.720. The molecule has 0 bridgehead atoms. The van der Waals surface area contributed by atoms with Crippen LogP contribution >= 0.6 is 23.9 Å². The third-order valence-corrected chi connectivity index (χ3v) is 4.32. The second-order valence-electron chi connectivity index (χ2n) is 4.88. The molecule has 0 radical (unpaired) electrons. The molecule has 0 saturated carbocycles. The molecule has 1 aromatic heterocycles. The Balaban J connectivity index is 0.00000200. The zero-order chi connectivity index (χ0) is 13.7. The van der Waals surface area contributed by atoms with Crippen molar-refractivity contribution >= 4 is 29.8 Å². The van der Waals surface area contributed by atoms with Gasteiger partial charge in [-0.25, -0.2) is 0 Å². The average molecular weight is 319 g/mol. The highest BCUT2D eigenvalue weighted by Crippen LogP contribution is 2.20. The fraction of sp³-hybridized carbons (Fsp3) is 0.769. The van der Waals surface area contributed by atoms with Gasteiger partial charge in [-0.3, -0.25) is 4.79 Å². The molecule has 1 aromatic rings. The van der Waals surface area contributed by atoms with Crippen LogP contribution in [0, 0.1) is 0 Å². The minimum Gasteiger partial charge on any atom is -0.335 e. The molecule has 0 aromatic carbocycles. The largest absolute Gasteiger partial charge is 0.335 e. The molecule has 20 heavy (non-hydrogen) atoms. The lowest BCUT2D eigenvalue weighted by molar-refractivity contribution is 0.0646. The van der Waals surface area contributed by atoms with Gasteiger partial charge in [0, 0.05) is 12.6 Å². The van der Waals surface area contributed by atoms with E-state index in [1.54, 1.807) is 0 Å². The van der Waals surface area contributed by atoms with Crippen molar-refractivity contribution < 1.29 is 4.79 Å². The van der Waals surface area contributed by atoms with Crippen molar-refractivity contribution in [3.8, 4) is 0 Å². The predicted octanol–water partition coefficient (Wildman–Crippen LogP) is 2.13. The summed E-state index contributed by atoms with van der Waals surface area (Å²) in [5.74, 6) is 0.126. The molecule has 0 aliphatic carbocycles. The first-order valence-corrected chi connectivity index (χ1v) is 7.88. The van der Waals surface area contributed by atoms with Crippen LogP contribution in [0.15, 0.2) is 0 Å². The van der Waals surface area contributed by atoms with Crippen LogP contribution in [-0.2, 0) is 6.42 Å². The van der Waals surface area contributed by atoms with Crippen LogP contribution in [0.3, 0.4) is 0 Å². The topological polar surface area (TPSA) is 58.1 Å². The van der Waals surface area contributed by atoms with E-state index in [0.29, 0.717) is 6.04 Å². The van der Waals surface area contributed by atoms with Gasteiger partial charge in [-0.05, 0) is 50.3 Å². The minimum atomic E-state index is 0. The van der Waals surface area contributed by atoms with E-state index in [1.807, 2.05) is 11.8 Å². The maximum Gasteiger partial charge on any atom is 0.267 e. The molecule has 2 heterocycles. The summed E-state index contributed by atoms with van der Waals surface area (Å²) in [6.45, 7) is 6.96. The van der Waals surface area contributed by atoms with E-state index in [2.05, 4.69) is 21.8 Å². The molecule has 1 aliphatic rings. The van der Waals surface area contributed by atoms with Crippen molar-refractivity contribution in [3.63, 3.8) is 0 Å². The maximum absolute atomic E-state index is 12.7. The number of nitrogens with zero attached hydrogens (tertiary/aromatic N) is 3. The number of piperidine rings is 1. The first kappa shape index (κ1) is 17.3. The molecule has 0 unspecified atom stereocenters. The number of aromatic nitrogens is 2. The Labute approximate surface area is 130 Å². The molecule has 1 aliphatic heterocycles. The number of nitrogens with one attached hydrogen (secondary N) is 1. The van der Waals surface area contributed by atoms with E-state index >= 15 is 0 Å². The van der Waals surface area contributed by atoms with Gasteiger partial charge in [0.1, 0.15) is 4.88 Å². The summed E-state index contributed by atoms with van der Waals surface area (Å²) < 4.78 is 3.93. The van der Waals surface area contributed by atoms with Gasteiger partial charge in [0.15, 0.2) is 0 Å². The minimum absolute atomic E-state index is 0. The molecule has 5 nitrogen and oxygen atoms in total. The van der Waals surface area contributed by atoms with Gasteiger partial charge in [0.05, 0.1) is 5.69 Å². The first-order chi connectivity index (χ1) is 9.27. The Morgan fingerprint density at radius 1 is 1.40 bits per heavy atom. The molecular formula is C13H23ClN4OS. The van der Waals surface area contributed by atoms with Gasteiger partial charge in [-0.1, -0.05) is 18.3 Å². The molecule has 1 N–H and O–H groups in total. The van der Waals surface area contributed by atoms with Crippen molar-refractivity contribution in [2.24, 2.45) is 0 Å². The van der Waals surface area contributed by atoms with Gasteiger partial charge in [-0.15, -0.1) is 17.5 Å². The summed E-state index contributed by atoms with van der Waals surface area (Å²) in [6.07, 6.45) is 3.84. The van der Waals surface area contributed by atoms with Crippen LogP contribution in [0.1, 0.15) is 48.5 Å². The molecule has 0 atom stereocenters. The Morgan fingerprint density at radius 2 is 2.10 bits per heavy atom. The second-order valence-corrected chi connectivity index (χ2v) is 5.64. The van der Waals surface area contributed by atoms with Gasteiger partial charge in [0.25, 0.3) is 5.91 Å². The first-order valence-electron chi connectivity index (χ1n) is 7.10. The lowest BCUT2D eigenvalue weighted by Gasteiger charge is -2.34. The number of hydrogen-bond donors (Lipinski definition) is 1. The van der Waals surface area contributed by atoms with E-state index in [1.165, 1.54) is 11.5 Å². The normalized spacial score (nSPS) is 15.7. The highest BCUT2D eigenvalue weighted by molar-refractivity contribution is 7.08. The predicted molar refractivity (Wildman–Crippen MR) is 83.8 cm³/mol. The summed E-state index contributed by atoms with van der Waals surface area (Å²) in [7, 11) is 0. The lowest BCUT2D eigenvalue weighted by atomic mass is 10.0. The molecule has 114 valence electrons. The Bertz CT molecular complexity index is 420. The standard InChI is InChI=1S/C13H22N4OS.ClH/c1-3-9-17(10-5-7-14-8-6-10)13(18)12-11(4-2)15-16-19-12;/h10,14H,3-9H2,1-2H3;1H. The van der Waals surface area contributed by atoms with Crippen LogP contribution in [0.25, 0.3) is 0 Å². The molecule has 1 fully saturated rings. The monoisotopic (exact) mass is 318 g/mol. The number of aryl methyl sites for hydroxylation is 1. The number of carbonyl (C=O) groups is 1. The van der Waals surface area contributed by atoms with Crippen molar-refractivity contribution in [2.75, 3.05) is 19.6 Å². The van der Waals surface area contributed by atoms with Crippen LogP contribution in [0.2, 0.25) is 0 Å². The van der Waals surface area contributed by atoms with E-state index in [4.69, 9.17) is 0 Å². The quantitative estimate of drug-likeness (QED) is 0.903. The smallest absolute Gasteiger partial charge is 0.267 e. The third-order valence-electron chi connectivity index (χ3n) is 3.56. The average Bonchev–Trinajstić information content (AvgIpc) is 2.93. The van der Waals surface area contributed by atoms with E-state index in [0.717, 1.165) is 55.9 Å². The molecule has 1 amide bonds. The SMILES string of the molecule is CCCN(C(=O)c1snnc1CC)C1CCNCC1.Cl. The Morgan fingerprint density at radius 3 is 2.70 bits per heavy atom. The van der Waals surface area contributed by atoms with Crippen LogP contribution in [0.4, 0.5) is 0 Å². The van der Waals surface area contributed by atoms with Gasteiger partial charge in [-0.2, -0.15) is 0 Å². The third kappa shape index (κ3) is 3.90. The van der Waals surface area contributed by atoms with Gasteiger partial charge in [0.2, 0.25) is 0 Å². The number of halogens is 1. The number of amides is 1. The van der Waals surface area contributed by atoms with Crippen LogP contribution in [0.5, 0.6) is 0 Å². The summed E-state index contributed by atoms with van der Waals surface area (Å²) in [6, 6.07) is 0.362. The van der Waals surface area contributed by atoms with Gasteiger partial charge < -0.3 is 10.2 Å². The highest BCUT2D eigenvalue weighted by Gasteiger charge is 2.28. The van der Waals surface area contributed by atoms with Crippen molar-refractivity contribution in [2.45, 2.75) is 45.6 Å². The number of carbonyl (C=O) groups excluding carboxylic acids is 1. The molecule has 7 heteroatoms. The van der Waals surface area contributed by atoms with E-state index in [-0.39, 0.29) is 18.3 Å². The lowest BCUT2D eigenvalue weighted by Crippen LogP contribution is -2.46. The highest BCUT2D eigenvalue weighted by atomic mass is 35.5. The number of hydrogen-bond acceptors (Lipinski definition) is 5. The summed E-state index contributed by atoms with van der Waals surface area (Å²) in [5, 5.41) is 7.40. The van der Waals surface area contributed by atoms with Crippen LogP contribution < -0.4 is 5.32 Å². The fourth-order valence-electron chi connectivity index (χ4n) is 2.54. The maximum atomic E-state index is 12.7. The fourth-order valence-corrected chi connectivity index (χ4v) is 3.25. The van der Waals surface area contributed by atoms with E-state index < -0.39 is 0 Å². The summed E-state index contributed by atoms with van der Waals surface area (Å²) >= 11 is 1.23. The van der Waals surface area contributed by atoms with E-state index in [9.17, 15) is 4.79 Å². The Kier molecular flexibility index (Phi) is 7.40. The molecule has 1 saturated heterocycles. The van der Waals surface area contributed by atoms with Crippen molar-refractivity contribution in [1.82, 2.24) is 19.8 Å². The zero-order valence-electron chi connectivity index (χ0n) is 12.1. The van der Waals surface area contributed by atoms with Crippen molar-refractivity contribution in [1.29, 1.82) is 0 Å². The second kappa shape index (κ2) is 8.54. The summed E-state index contributed by atoms with van der Waals surface area (Å²) in [4.78, 5) is 15.5. The van der Waals surface area contributed by atoms with Crippen molar-refractivity contribution in [3.05, 3.63) is 10.6 Å². The molecular weight excluding hydrogens is 296 g/mol. The summed E-state index contributed by atoms with van der Waals surface area (Å²) in [5.41, 5.74) is 0.838. The zero-order valence-corrected chi connectivity index (χ0v) is 13.7. The van der Waals surface area contributed by atoms with Gasteiger partial charge >= 0.3 is 0 Å². The number of rotatable bonds is 5. The van der Waals surface area contributed by atoms with Crippen LogP contribution in [-0.4, -0.2) is 46.1 Å². The molecule has 0 spiro atoms. The molecule has 2 rings (SSSR count).